The molecule has 0 amide bonds. The van der Waals surface area contributed by atoms with Crippen molar-refractivity contribution in [1.82, 2.24) is 14.1 Å². The molecule has 0 atom stereocenters. The number of pyridine rings is 1. The van der Waals surface area contributed by atoms with Crippen LogP contribution in [0, 0.1) is 21.9 Å². The molecule has 11 aromatic rings. The monoisotopic (exact) mass is 1230 g/mol. The van der Waals surface area contributed by atoms with Crippen molar-refractivity contribution in [2.24, 2.45) is 5.92 Å². The summed E-state index contributed by atoms with van der Waals surface area (Å²) in [5, 5.41) is 0. The zero-order valence-electron chi connectivity index (χ0n) is 48.9. The molecular weight excluding hydrogens is 1170 g/mol. The summed E-state index contributed by atoms with van der Waals surface area (Å²) in [7, 11) is 0. The summed E-state index contributed by atoms with van der Waals surface area (Å²) in [5.41, 5.74) is 22.6. The Bertz CT molecular complexity index is 4480. The number of ether oxygens (including phenoxy) is 1. The van der Waals surface area contributed by atoms with Gasteiger partial charge in [0.25, 0.3) is 0 Å². The second-order valence-electron chi connectivity index (χ2n) is 24.1. The summed E-state index contributed by atoms with van der Waals surface area (Å²) in [6, 6.07) is 79.1. The number of anilines is 4. The summed E-state index contributed by atoms with van der Waals surface area (Å²) in [6.45, 7) is 17.5. The van der Waals surface area contributed by atoms with Gasteiger partial charge in [0.1, 0.15) is 0 Å². The van der Waals surface area contributed by atoms with E-state index in [-0.39, 0.29) is 30.2 Å². The first-order chi connectivity index (χ1) is 39.9. The van der Waals surface area contributed by atoms with E-state index in [1.165, 1.54) is 38.8 Å². The number of imidazole rings is 1. The molecule has 0 saturated carbocycles. The third-order valence-corrected chi connectivity index (χ3v) is 17.3. The van der Waals surface area contributed by atoms with Crippen LogP contribution in [0.2, 0.25) is 0 Å². The quantitative estimate of drug-likeness (QED) is 0.101. The number of hydrogen-bond donors (Lipinski definition) is 0. The first-order valence-electron chi connectivity index (χ1n) is 29.1. The zero-order chi connectivity index (χ0) is 57.3. The fraction of sp³-hybridized carbons (Fsp3) is 0.178. The Morgan fingerprint density at radius 1 is 0.568 bits per heavy atom. The molecule has 0 fully saturated rings. The number of para-hydroxylation sites is 4. The van der Waals surface area contributed by atoms with Gasteiger partial charge in [-0.05, 0) is 11.6 Å². The van der Waals surface area contributed by atoms with E-state index >= 15 is 0 Å². The molecule has 14 rings (SSSR count). The molecule has 0 saturated heterocycles. The van der Waals surface area contributed by atoms with E-state index in [2.05, 4.69) is 274 Å². The molecule has 0 bridgehead atoms. The number of benzene rings is 9. The second-order valence-corrected chi connectivity index (χ2v) is 25.1. The van der Waals surface area contributed by atoms with Crippen LogP contribution in [0.1, 0.15) is 81.2 Å². The third-order valence-electron chi connectivity index (χ3n) is 16.3. The molecule has 0 N–H and O–H groups in total. The van der Waals surface area contributed by atoms with Crippen molar-refractivity contribution in [2.75, 3.05) is 9.62 Å². The molecule has 3 aliphatic rings. The SMILES string of the molecule is [2H]C([2H])(Cc1cc(Oc2ccc3c(n2)N2B4c5c(cccc5-3)-c3ccccc3N4c3ccc[c-]c32)[c-]c(-n2[c](=[Pt])n(-c3c(-c4ccccc4)cc(C(C)(C)C)cc3-c3cc(-c4ccccc4)cc(C(C)(C)C)c3)c3ccccc32)c1)C(C)C. The molecule has 81 heavy (non-hydrogen) atoms. The number of aryl methyl sites for hydroxylation is 1. The number of rotatable bonds is 10. The number of aromatic nitrogens is 3. The number of hydrogen-bond acceptors (Lipinski definition) is 4. The van der Waals surface area contributed by atoms with Gasteiger partial charge in [-0.3, -0.25) is 0 Å². The fourth-order valence-corrected chi connectivity index (χ4v) is 13.3. The Hall–Kier alpha value is -8.25. The van der Waals surface area contributed by atoms with Crippen molar-refractivity contribution in [2.45, 2.75) is 79.0 Å². The van der Waals surface area contributed by atoms with Crippen molar-refractivity contribution < 1.29 is 26.8 Å². The van der Waals surface area contributed by atoms with E-state index in [0.717, 1.165) is 88.0 Å². The summed E-state index contributed by atoms with van der Waals surface area (Å²) < 4.78 is 31.3. The van der Waals surface area contributed by atoms with Crippen molar-refractivity contribution in [3.63, 3.8) is 0 Å². The Morgan fingerprint density at radius 3 is 1.91 bits per heavy atom. The van der Waals surface area contributed by atoms with Gasteiger partial charge in [-0.25, -0.2) is 0 Å². The molecule has 0 unspecified atom stereocenters. The van der Waals surface area contributed by atoms with Gasteiger partial charge < -0.3 is 0 Å². The van der Waals surface area contributed by atoms with E-state index < -0.39 is 6.37 Å². The number of fused-ring (bicyclic) bond motifs is 10. The minimum absolute atomic E-state index is 0.140. The van der Waals surface area contributed by atoms with Crippen LogP contribution < -0.4 is 19.8 Å². The predicted octanol–water partition coefficient (Wildman–Crippen LogP) is 18.1. The van der Waals surface area contributed by atoms with E-state index in [1.54, 1.807) is 0 Å². The van der Waals surface area contributed by atoms with Gasteiger partial charge in [0, 0.05) is 11.3 Å². The molecule has 2 aromatic heterocycles. The first kappa shape index (κ1) is 48.6. The molecule has 8 heteroatoms. The molecule has 0 spiro atoms. The Labute approximate surface area is 490 Å². The van der Waals surface area contributed by atoms with Gasteiger partial charge in [0.05, 0.1) is 0 Å². The van der Waals surface area contributed by atoms with Crippen LogP contribution in [0.15, 0.2) is 200 Å². The van der Waals surface area contributed by atoms with Crippen molar-refractivity contribution in [3.8, 4) is 78.6 Å². The van der Waals surface area contributed by atoms with Crippen LogP contribution in [-0.2, 0) is 36.6 Å². The van der Waals surface area contributed by atoms with Crippen LogP contribution in [0.25, 0.3) is 78.0 Å². The van der Waals surface area contributed by atoms with E-state index in [0.29, 0.717) is 11.6 Å². The van der Waals surface area contributed by atoms with E-state index in [4.69, 9.17) is 9.72 Å². The Balaban J connectivity index is 0.974. The Morgan fingerprint density at radius 2 is 1.19 bits per heavy atom. The summed E-state index contributed by atoms with van der Waals surface area (Å²) in [4.78, 5) is 10.2. The van der Waals surface area contributed by atoms with Crippen LogP contribution >= 0.6 is 0 Å². The van der Waals surface area contributed by atoms with E-state index in [9.17, 15) is 2.74 Å². The first-order valence-corrected chi connectivity index (χ1v) is 29.3. The molecule has 6 nitrogen and oxygen atoms in total. The van der Waals surface area contributed by atoms with Crippen LogP contribution in [-0.4, -0.2) is 21.1 Å². The Kier molecular flexibility index (Phi) is 11.7. The van der Waals surface area contributed by atoms with Gasteiger partial charge in [0.2, 0.25) is 0 Å². The van der Waals surface area contributed by atoms with Gasteiger partial charge in [-0.15, -0.1) is 6.07 Å². The average molecular weight is 1230 g/mol. The second kappa shape index (κ2) is 19.5. The van der Waals surface area contributed by atoms with Crippen molar-refractivity contribution in [3.05, 3.63) is 233 Å². The maximum absolute atomic E-state index is 9.32. The zero-order valence-corrected chi connectivity index (χ0v) is 49.1. The molecule has 400 valence electrons. The molecule has 3 aliphatic heterocycles. The fourth-order valence-electron chi connectivity index (χ4n) is 12.3. The van der Waals surface area contributed by atoms with Gasteiger partial charge in [-0.1, -0.05) is 30.3 Å². The molecular formula is C73H62BN5OPt-2. The minimum atomic E-state index is -1.52. The average Bonchev–Trinajstić information content (AvgIpc) is 3.61. The molecule has 0 radical (unpaired) electrons. The summed E-state index contributed by atoms with van der Waals surface area (Å²) in [6.07, 6.45) is -1.35. The van der Waals surface area contributed by atoms with Gasteiger partial charge >= 0.3 is 422 Å². The standard InChI is InChI=1S/C73H62BN5O.Pt/c1-47(2)34-35-48-38-55(45-56(39-48)80-68-37-36-60-59-28-21-27-58-57-26-15-16-29-63(57)78-66-32-19-20-33-67(66)79(71(60)75-68)74(78)69(58)59)76-46-77(65-31-18-17-30-64(65)76)70-61(50-24-13-10-14-25-50)43-54(73(6,7)8)44-62(70)52-40-51(49-22-11-9-12-23-49)41-53(42-52)72(3,4)5;/h9-32,36-44,47H,34-35H2,1-8H3;/q-2;/i34D2;. The normalized spacial score (nSPS) is 13.7. The van der Waals surface area contributed by atoms with Crippen LogP contribution in [0.5, 0.6) is 11.6 Å². The number of nitrogens with zero attached hydrogens (tertiary/aromatic N) is 5. The predicted molar refractivity (Wildman–Crippen MR) is 332 cm³/mol. The van der Waals surface area contributed by atoms with Gasteiger partial charge in [0.15, 0.2) is 0 Å². The van der Waals surface area contributed by atoms with Crippen molar-refractivity contribution >= 4 is 46.4 Å². The summed E-state index contributed by atoms with van der Waals surface area (Å²) >= 11 is 2.51. The summed E-state index contributed by atoms with van der Waals surface area (Å²) in [5.74, 6) is 1.40. The van der Waals surface area contributed by atoms with Gasteiger partial charge in [-0.2, -0.15) is 12.1 Å². The topological polar surface area (TPSA) is 38.5 Å². The van der Waals surface area contributed by atoms with Crippen molar-refractivity contribution in [1.29, 1.82) is 0 Å². The maximum atomic E-state index is 9.32. The molecule has 0 aliphatic carbocycles. The van der Waals surface area contributed by atoms with Crippen LogP contribution in [0.4, 0.5) is 22.9 Å². The van der Waals surface area contributed by atoms with E-state index in [1.807, 2.05) is 32.0 Å². The molecule has 9 aromatic carbocycles. The molecule has 5 heterocycles. The van der Waals surface area contributed by atoms with Crippen LogP contribution in [0.3, 0.4) is 0 Å². The third kappa shape index (κ3) is 8.66.